The molecule has 2 fully saturated rings. The van der Waals surface area contributed by atoms with Crippen molar-refractivity contribution >= 4 is 17.5 Å². The van der Waals surface area contributed by atoms with Crippen LogP contribution in [-0.4, -0.2) is 98.5 Å². The van der Waals surface area contributed by atoms with E-state index in [4.69, 9.17) is 9.47 Å². The number of amides is 2. The van der Waals surface area contributed by atoms with Gasteiger partial charge in [0.2, 0.25) is 11.8 Å². The smallest absolute Gasteiger partial charge is 0.238 e. The lowest BCUT2D eigenvalue weighted by Gasteiger charge is -2.37. The van der Waals surface area contributed by atoms with E-state index in [9.17, 15) is 14.7 Å². The molecule has 2 amide bonds. The van der Waals surface area contributed by atoms with Gasteiger partial charge in [0, 0.05) is 30.3 Å². The number of nitrogens with zero attached hydrogens (tertiary/aromatic N) is 2. The van der Waals surface area contributed by atoms with Gasteiger partial charge in [-0.3, -0.25) is 9.59 Å². The maximum absolute atomic E-state index is 12.6. The number of carbonyl (C=O) groups excluding carboxylic acids is 2. The normalized spacial score (nSPS) is 26.5. The van der Waals surface area contributed by atoms with Gasteiger partial charge in [-0.05, 0) is 64.6 Å². The highest BCUT2D eigenvalue weighted by Gasteiger charge is 2.46. The maximum Gasteiger partial charge on any atom is 0.238 e. The van der Waals surface area contributed by atoms with Crippen molar-refractivity contribution in [3.8, 4) is 5.75 Å². The molecule has 0 aromatic heterocycles. The first kappa shape index (κ1) is 24.9. The molecule has 4 rings (SSSR count). The highest BCUT2D eigenvalue weighted by atomic mass is 16.6. The van der Waals surface area contributed by atoms with E-state index < -0.39 is 6.10 Å². The zero-order valence-electron chi connectivity index (χ0n) is 20.3. The first-order valence-electron chi connectivity index (χ1n) is 12.4. The van der Waals surface area contributed by atoms with Gasteiger partial charge >= 0.3 is 0 Å². The average Bonchev–Trinajstić information content (AvgIpc) is 3.16. The van der Waals surface area contributed by atoms with Crippen LogP contribution in [-0.2, 0) is 14.3 Å². The minimum Gasteiger partial charge on any atom is -0.487 e. The molecule has 2 saturated heterocycles. The third-order valence-electron chi connectivity index (χ3n) is 6.85. The molecule has 9 heteroatoms. The van der Waals surface area contributed by atoms with Crippen molar-refractivity contribution in [2.45, 2.75) is 56.3 Å². The van der Waals surface area contributed by atoms with Crippen molar-refractivity contribution in [1.82, 2.24) is 15.1 Å². The van der Waals surface area contributed by atoms with Crippen molar-refractivity contribution in [1.29, 1.82) is 0 Å². The predicted molar refractivity (Wildman–Crippen MR) is 129 cm³/mol. The van der Waals surface area contributed by atoms with Crippen molar-refractivity contribution < 1.29 is 24.2 Å². The van der Waals surface area contributed by atoms with Crippen LogP contribution in [0, 0.1) is 0 Å². The average molecular weight is 475 g/mol. The fourth-order valence-electron chi connectivity index (χ4n) is 5.27. The number of ether oxygens (including phenoxy) is 2. The van der Waals surface area contributed by atoms with Crippen LogP contribution in [0.3, 0.4) is 0 Å². The first-order valence-corrected chi connectivity index (χ1v) is 12.4. The summed E-state index contributed by atoms with van der Waals surface area (Å²) in [6.07, 6.45) is 3.56. The highest BCUT2D eigenvalue weighted by Crippen LogP contribution is 2.47. The number of fused-ring (bicyclic) bond motifs is 3. The Balaban J connectivity index is 1.35. The summed E-state index contributed by atoms with van der Waals surface area (Å²) < 4.78 is 12.2. The van der Waals surface area contributed by atoms with Gasteiger partial charge in [0.15, 0.2) is 0 Å². The lowest BCUT2D eigenvalue weighted by atomic mass is 9.84. The molecule has 9 nitrogen and oxygen atoms in total. The lowest BCUT2D eigenvalue weighted by Crippen LogP contribution is -2.47. The minimum atomic E-state index is -0.496. The highest BCUT2D eigenvalue weighted by molar-refractivity contribution is 5.92. The van der Waals surface area contributed by atoms with Gasteiger partial charge in [-0.25, -0.2) is 0 Å². The fourth-order valence-corrected chi connectivity index (χ4v) is 5.27. The van der Waals surface area contributed by atoms with Crippen LogP contribution in [0.1, 0.15) is 43.6 Å². The number of likely N-dealkylation sites (N-methyl/N-ethyl adjacent to an activating group) is 1. The molecule has 0 unspecified atom stereocenters. The largest absolute Gasteiger partial charge is 0.487 e. The zero-order chi connectivity index (χ0) is 24.1. The Morgan fingerprint density at radius 3 is 2.71 bits per heavy atom. The third kappa shape index (κ3) is 6.27. The number of aliphatic hydroxyl groups is 1. The SMILES string of the molecule is CN(C)CC(=O)Nc1ccc2c(c1)[C@@H]1C[C@H](CC(=O)NCCN3CCCCC3)O[C@@H](CO)[C@@H]1O2. The third-order valence-corrected chi connectivity index (χ3v) is 6.85. The van der Waals surface area contributed by atoms with E-state index in [1.54, 1.807) is 0 Å². The molecule has 3 heterocycles. The van der Waals surface area contributed by atoms with E-state index in [1.807, 2.05) is 37.2 Å². The fraction of sp³-hybridized carbons (Fsp3) is 0.680. The number of anilines is 1. The summed E-state index contributed by atoms with van der Waals surface area (Å²) in [6.45, 7) is 3.87. The molecule has 0 radical (unpaired) electrons. The Morgan fingerprint density at radius 1 is 1.18 bits per heavy atom. The predicted octanol–water partition coefficient (Wildman–Crippen LogP) is 1.17. The Morgan fingerprint density at radius 2 is 1.97 bits per heavy atom. The topological polar surface area (TPSA) is 103 Å². The summed E-state index contributed by atoms with van der Waals surface area (Å²) in [4.78, 5) is 29.0. The molecule has 0 bridgehead atoms. The number of hydrogen-bond donors (Lipinski definition) is 3. The van der Waals surface area contributed by atoms with Crippen LogP contribution in [0.5, 0.6) is 5.75 Å². The van der Waals surface area contributed by atoms with Crippen molar-refractivity contribution in [3.63, 3.8) is 0 Å². The number of nitrogens with one attached hydrogen (secondary N) is 2. The Bertz CT molecular complexity index is 858. The number of likely N-dealkylation sites (tertiary alicyclic amines) is 1. The van der Waals surface area contributed by atoms with E-state index in [2.05, 4.69) is 15.5 Å². The Hall–Kier alpha value is -2.20. The standard InChI is InChI=1S/C25H38N4O5/c1-28(2)15-24(32)27-17-6-7-21-19(12-17)20-13-18(33-22(16-30)25(20)34-21)14-23(31)26-8-11-29-9-4-3-5-10-29/h6-7,12,18,20,22,25,30H,3-5,8-11,13-16H2,1-2H3,(H,26,31)(H,27,32)/t18-,20+,22+,25-/m1/s1. The molecule has 188 valence electrons. The van der Waals surface area contributed by atoms with Gasteiger partial charge in [0.05, 0.1) is 25.7 Å². The van der Waals surface area contributed by atoms with Crippen molar-refractivity contribution in [2.24, 2.45) is 0 Å². The number of benzene rings is 1. The second-order valence-corrected chi connectivity index (χ2v) is 9.90. The molecule has 0 saturated carbocycles. The quantitative estimate of drug-likeness (QED) is 0.494. The number of rotatable bonds is 9. The van der Waals surface area contributed by atoms with Gasteiger partial charge in [-0.15, -0.1) is 0 Å². The van der Waals surface area contributed by atoms with Crippen LogP contribution in [0.15, 0.2) is 18.2 Å². The van der Waals surface area contributed by atoms with Crippen LogP contribution < -0.4 is 15.4 Å². The number of piperidine rings is 1. The van der Waals surface area contributed by atoms with E-state index in [-0.39, 0.29) is 43.0 Å². The summed E-state index contributed by atoms with van der Waals surface area (Å²) in [7, 11) is 3.70. The van der Waals surface area contributed by atoms with Crippen LogP contribution >= 0.6 is 0 Å². The van der Waals surface area contributed by atoms with Gasteiger partial charge in [-0.2, -0.15) is 0 Å². The Kier molecular flexibility index (Phi) is 8.41. The monoisotopic (exact) mass is 474 g/mol. The number of aliphatic hydroxyl groups excluding tert-OH is 1. The molecule has 0 spiro atoms. The van der Waals surface area contributed by atoms with E-state index >= 15 is 0 Å². The van der Waals surface area contributed by atoms with Gasteiger partial charge in [0.1, 0.15) is 18.0 Å². The van der Waals surface area contributed by atoms with Crippen molar-refractivity contribution in [3.05, 3.63) is 23.8 Å². The summed E-state index contributed by atoms with van der Waals surface area (Å²) in [6, 6.07) is 5.63. The summed E-state index contributed by atoms with van der Waals surface area (Å²) in [5, 5.41) is 15.9. The van der Waals surface area contributed by atoms with Crippen LogP contribution in [0.2, 0.25) is 0 Å². The summed E-state index contributed by atoms with van der Waals surface area (Å²) in [5.41, 5.74) is 1.71. The molecule has 3 aliphatic rings. The molecule has 1 aromatic carbocycles. The van der Waals surface area contributed by atoms with E-state index in [0.29, 0.717) is 25.2 Å². The summed E-state index contributed by atoms with van der Waals surface area (Å²) in [5.74, 6) is 0.632. The van der Waals surface area contributed by atoms with E-state index in [1.165, 1.54) is 19.3 Å². The summed E-state index contributed by atoms with van der Waals surface area (Å²) >= 11 is 0. The number of hydrogen-bond acceptors (Lipinski definition) is 7. The van der Waals surface area contributed by atoms with Gasteiger partial charge in [-0.1, -0.05) is 6.42 Å². The maximum atomic E-state index is 12.6. The first-order chi connectivity index (χ1) is 16.4. The number of carbonyl (C=O) groups is 2. The molecular weight excluding hydrogens is 436 g/mol. The molecule has 3 N–H and O–H groups in total. The van der Waals surface area contributed by atoms with Gasteiger partial charge < -0.3 is 35.0 Å². The van der Waals surface area contributed by atoms with Crippen LogP contribution in [0.4, 0.5) is 5.69 Å². The second-order valence-electron chi connectivity index (χ2n) is 9.90. The minimum absolute atomic E-state index is 0.00208. The van der Waals surface area contributed by atoms with Crippen LogP contribution in [0.25, 0.3) is 0 Å². The van der Waals surface area contributed by atoms with Crippen molar-refractivity contribution in [2.75, 3.05) is 58.7 Å². The second kappa shape index (κ2) is 11.5. The van der Waals surface area contributed by atoms with E-state index in [0.717, 1.165) is 30.9 Å². The Labute approximate surface area is 201 Å². The molecule has 3 aliphatic heterocycles. The molecular formula is C25H38N4O5. The van der Waals surface area contributed by atoms with Gasteiger partial charge in [0.25, 0.3) is 0 Å². The molecule has 1 aromatic rings. The zero-order valence-corrected chi connectivity index (χ0v) is 20.3. The molecule has 0 aliphatic carbocycles. The molecule has 34 heavy (non-hydrogen) atoms. The lowest BCUT2D eigenvalue weighted by molar-refractivity contribution is -0.142. The molecule has 4 atom stereocenters.